The second-order valence-electron chi connectivity index (χ2n) is 8.82. The summed E-state index contributed by atoms with van der Waals surface area (Å²) in [5, 5.41) is 9.58. The van der Waals surface area contributed by atoms with E-state index in [0.717, 1.165) is 51.7 Å². The van der Waals surface area contributed by atoms with Gasteiger partial charge in [0.25, 0.3) is 11.5 Å². The summed E-state index contributed by atoms with van der Waals surface area (Å²) in [6.45, 7) is 6.51. The van der Waals surface area contributed by atoms with Crippen LogP contribution < -0.4 is 5.56 Å². The molecule has 5 heterocycles. The van der Waals surface area contributed by atoms with Crippen LogP contribution in [-0.4, -0.2) is 55.1 Å². The molecule has 2 aliphatic heterocycles. The predicted molar refractivity (Wildman–Crippen MR) is 124 cm³/mol. The Hall–Kier alpha value is -3.11. The lowest BCUT2D eigenvalue weighted by Gasteiger charge is -2.27. The van der Waals surface area contributed by atoms with Crippen molar-refractivity contribution in [1.82, 2.24) is 29.5 Å². The zero-order valence-electron chi connectivity index (χ0n) is 18.6. The van der Waals surface area contributed by atoms with Crippen LogP contribution in [0.1, 0.15) is 56.1 Å². The molecule has 10 heteroatoms. The van der Waals surface area contributed by atoms with E-state index >= 15 is 0 Å². The number of nitrogens with one attached hydrogen (secondary N) is 1. The van der Waals surface area contributed by atoms with Gasteiger partial charge in [0.05, 0.1) is 28.3 Å². The molecule has 170 valence electrons. The highest BCUT2D eigenvalue weighted by Gasteiger charge is 2.27. The molecule has 1 saturated heterocycles. The first-order valence-corrected chi connectivity index (χ1v) is 12.0. The molecule has 1 fully saturated rings. The number of thiazole rings is 1. The molecular formula is C23H24N6O3S. The number of carbonyl (C=O) groups is 1. The van der Waals surface area contributed by atoms with Crippen LogP contribution in [0.5, 0.6) is 0 Å². The van der Waals surface area contributed by atoms with Crippen molar-refractivity contribution in [3.8, 4) is 0 Å². The molecule has 0 radical (unpaired) electrons. The van der Waals surface area contributed by atoms with Crippen LogP contribution in [0, 0.1) is 13.8 Å². The van der Waals surface area contributed by atoms with Crippen LogP contribution in [0.2, 0.25) is 0 Å². The maximum atomic E-state index is 13.5. The molecule has 0 bridgehead atoms. The normalized spacial score (nSPS) is 17.1. The molecule has 33 heavy (non-hydrogen) atoms. The van der Waals surface area contributed by atoms with Gasteiger partial charge in [-0.05, 0) is 44.4 Å². The van der Waals surface area contributed by atoms with Crippen LogP contribution in [0.4, 0.5) is 0 Å². The Kier molecular flexibility index (Phi) is 4.81. The molecule has 1 N–H and O–H groups in total. The number of hydrogen-bond donors (Lipinski definition) is 1. The molecular weight excluding hydrogens is 440 g/mol. The molecule has 0 atom stereocenters. The summed E-state index contributed by atoms with van der Waals surface area (Å²) < 4.78 is 7.35. The maximum Gasteiger partial charge on any atom is 0.294 e. The molecule has 3 aromatic heterocycles. The van der Waals surface area contributed by atoms with Crippen molar-refractivity contribution in [2.75, 3.05) is 19.8 Å². The Labute approximate surface area is 193 Å². The fraction of sp³-hybridized carbons (Fsp3) is 0.435. The zero-order valence-corrected chi connectivity index (χ0v) is 19.4. The number of H-pyrrole nitrogens is 1. The molecule has 2 aliphatic rings. The minimum atomic E-state index is -0.307. The summed E-state index contributed by atoms with van der Waals surface area (Å²) in [7, 11) is 0. The van der Waals surface area contributed by atoms with E-state index in [1.165, 1.54) is 0 Å². The van der Waals surface area contributed by atoms with Gasteiger partial charge in [0, 0.05) is 42.5 Å². The summed E-state index contributed by atoms with van der Waals surface area (Å²) >= 11 is 1.65. The quantitative estimate of drug-likeness (QED) is 0.489. The molecule has 0 spiro atoms. The van der Waals surface area contributed by atoms with E-state index < -0.39 is 0 Å². The third-order valence-electron chi connectivity index (χ3n) is 6.67. The van der Waals surface area contributed by atoms with Crippen LogP contribution in [-0.2, 0) is 17.7 Å². The fourth-order valence-electron chi connectivity index (χ4n) is 4.96. The highest BCUT2D eigenvalue weighted by atomic mass is 32.1. The van der Waals surface area contributed by atoms with Crippen LogP contribution in [0.3, 0.4) is 0 Å². The smallest absolute Gasteiger partial charge is 0.294 e. The molecule has 9 nitrogen and oxygen atoms in total. The standard InChI is InChI=1S/C23H24N6O3S/c1-12-9-18-17(10-15(12)23(31)28-6-3-16-19(11-28)33-13(2)24-16)25-22(30)21-27-26-20(29(18)21)14-4-7-32-8-5-14/h9-10,14H,3-8,11H2,1-2H3,(H,25,30). The van der Waals surface area contributed by atoms with Gasteiger partial charge in [-0.25, -0.2) is 4.98 Å². The monoisotopic (exact) mass is 464 g/mol. The van der Waals surface area contributed by atoms with Gasteiger partial charge >= 0.3 is 0 Å². The number of aromatic amines is 1. The number of rotatable bonds is 2. The number of aryl methyl sites for hydroxylation is 2. The summed E-state index contributed by atoms with van der Waals surface area (Å²) in [6, 6.07) is 3.76. The Morgan fingerprint density at radius 1 is 1.21 bits per heavy atom. The summed E-state index contributed by atoms with van der Waals surface area (Å²) in [6.07, 6.45) is 2.46. The van der Waals surface area contributed by atoms with E-state index in [0.29, 0.717) is 37.4 Å². The van der Waals surface area contributed by atoms with Crippen molar-refractivity contribution >= 4 is 33.9 Å². The lowest BCUT2D eigenvalue weighted by atomic mass is 9.99. The summed E-state index contributed by atoms with van der Waals surface area (Å²) in [4.78, 5) is 36.8. The topological polar surface area (TPSA) is 105 Å². The van der Waals surface area contributed by atoms with E-state index in [-0.39, 0.29) is 23.0 Å². The highest BCUT2D eigenvalue weighted by Crippen LogP contribution is 2.29. The number of ether oxygens (including phenoxy) is 1. The van der Waals surface area contributed by atoms with Gasteiger partial charge in [-0.3, -0.25) is 14.0 Å². The Balaban J connectivity index is 1.43. The minimum Gasteiger partial charge on any atom is -0.381 e. The van der Waals surface area contributed by atoms with Crippen molar-refractivity contribution in [1.29, 1.82) is 0 Å². The first-order valence-electron chi connectivity index (χ1n) is 11.2. The molecule has 0 aliphatic carbocycles. The zero-order chi connectivity index (χ0) is 22.7. The summed E-state index contributed by atoms with van der Waals surface area (Å²) in [5.41, 5.74) is 3.97. The molecule has 0 unspecified atom stereocenters. The average molecular weight is 465 g/mol. The average Bonchev–Trinajstić information content (AvgIpc) is 3.42. The third kappa shape index (κ3) is 3.36. The minimum absolute atomic E-state index is 0.0274. The lowest BCUT2D eigenvalue weighted by molar-refractivity contribution is 0.0735. The number of fused-ring (bicyclic) bond motifs is 4. The fourth-order valence-corrected chi connectivity index (χ4v) is 5.95. The van der Waals surface area contributed by atoms with Crippen molar-refractivity contribution < 1.29 is 9.53 Å². The maximum absolute atomic E-state index is 13.5. The highest BCUT2D eigenvalue weighted by molar-refractivity contribution is 7.11. The number of carbonyl (C=O) groups excluding carboxylic acids is 1. The number of benzene rings is 1. The number of amides is 1. The van der Waals surface area contributed by atoms with E-state index in [1.807, 2.05) is 29.2 Å². The van der Waals surface area contributed by atoms with E-state index in [1.54, 1.807) is 17.4 Å². The Morgan fingerprint density at radius 2 is 2.03 bits per heavy atom. The second kappa shape index (κ2) is 7.74. The Bertz CT molecular complexity index is 1460. The van der Waals surface area contributed by atoms with Gasteiger partial charge in [0.15, 0.2) is 0 Å². The van der Waals surface area contributed by atoms with Gasteiger partial charge in [0.1, 0.15) is 5.82 Å². The number of hydrogen-bond acceptors (Lipinski definition) is 7. The van der Waals surface area contributed by atoms with Gasteiger partial charge < -0.3 is 14.6 Å². The van der Waals surface area contributed by atoms with Crippen LogP contribution in [0.25, 0.3) is 16.7 Å². The van der Waals surface area contributed by atoms with Crippen LogP contribution >= 0.6 is 11.3 Å². The molecule has 1 amide bonds. The first kappa shape index (κ1) is 20.5. The molecule has 0 saturated carbocycles. The van der Waals surface area contributed by atoms with Gasteiger partial charge in [-0.15, -0.1) is 21.5 Å². The molecule has 1 aromatic carbocycles. The molecule has 4 aromatic rings. The third-order valence-corrected chi connectivity index (χ3v) is 7.66. The van der Waals surface area contributed by atoms with E-state index in [9.17, 15) is 9.59 Å². The number of aromatic nitrogens is 5. The van der Waals surface area contributed by atoms with Gasteiger partial charge in [-0.1, -0.05) is 0 Å². The summed E-state index contributed by atoms with van der Waals surface area (Å²) in [5.74, 6) is 0.943. The van der Waals surface area contributed by atoms with Crippen molar-refractivity contribution in [3.63, 3.8) is 0 Å². The SMILES string of the molecule is Cc1nc2c(s1)CN(C(=O)c1cc3[nH]c(=O)c4nnc(C5CCOCC5)n4c3cc1C)CC2. The second-order valence-corrected chi connectivity index (χ2v) is 10.1. The van der Waals surface area contributed by atoms with Crippen molar-refractivity contribution in [3.05, 3.63) is 55.0 Å². The largest absolute Gasteiger partial charge is 0.381 e. The predicted octanol–water partition coefficient (Wildman–Crippen LogP) is 2.74. The van der Waals surface area contributed by atoms with Crippen molar-refractivity contribution in [2.24, 2.45) is 0 Å². The lowest BCUT2D eigenvalue weighted by Crippen LogP contribution is -2.36. The van der Waals surface area contributed by atoms with E-state index in [4.69, 9.17) is 4.74 Å². The molecule has 6 rings (SSSR count). The van der Waals surface area contributed by atoms with Gasteiger partial charge in [-0.2, -0.15) is 0 Å². The van der Waals surface area contributed by atoms with E-state index in [2.05, 4.69) is 20.2 Å². The Morgan fingerprint density at radius 3 is 2.85 bits per heavy atom. The van der Waals surface area contributed by atoms with Crippen molar-refractivity contribution in [2.45, 2.75) is 45.6 Å². The number of nitrogens with zero attached hydrogens (tertiary/aromatic N) is 5. The van der Waals surface area contributed by atoms with Crippen LogP contribution in [0.15, 0.2) is 16.9 Å². The van der Waals surface area contributed by atoms with Gasteiger partial charge in [0.2, 0.25) is 5.65 Å². The first-order chi connectivity index (χ1) is 16.0.